The molecule has 0 radical (unpaired) electrons. The topological polar surface area (TPSA) is 73.6 Å². The standard InChI is InChI=1S/C19H24FN5O2/c20-15-6-4-5-14(9-15)12-25-13-16(11-21-25)22-19(26)17-10-18(27-23-17)24-7-2-1-3-8-24/h4-6,9-10,16,21H,1-3,7-8,11-13H2,(H,22,26). The van der Waals surface area contributed by atoms with Gasteiger partial charge in [0.05, 0.1) is 6.04 Å². The van der Waals surface area contributed by atoms with E-state index in [-0.39, 0.29) is 17.8 Å². The maximum absolute atomic E-state index is 13.3. The molecule has 2 aliphatic rings. The molecule has 2 fully saturated rings. The van der Waals surface area contributed by atoms with E-state index in [1.807, 2.05) is 11.1 Å². The number of hydrogen-bond acceptors (Lipinski definition) is 6. The van der Waals surface area contributed by atoms with Crippen molar-refractivity contribution in [1.29, 1.82) is 0 Å². The fourth-order valence-corrected chi connectivity index (χ4v) is 3.60. The Bertz CT molecular complexity index is 790. The van der Waals surface area contributed by atoms with Crippen LogP contribution in [0.25, 0.3) is 0 Å². The Labute approximate surface area is 157 Å². The van der Waals surface area contributed by atoms with Gasteiger partial charge in [-0.25, -0.2) is 9.40 Å². The zero-order chi connectivity index (χ0) is 18.6. The lowest BCUT2D eigenvalue weighted by molar-refractivity contribution is 0.0930. The molecule has 2 N–H and O–H groups in total. The van der Waals surface area contributed by atoms with Gasteiger partial charge in [0, 0.05) is 38.8 Å². The second kappa shape index (κ2) is 8.06. The number of carbonyl (C=O) groups is 1. The lowest BCUT2D eigenvalue weighted by Gasteiger charge is -2.25. The summed E-state index contributed by atoms with van der Waals surface area (Å²) in [6.07, 6.45) is 3.51. The molecule has 0 saturated carbocycles. The highest BCUT2D eigenvalue weighted by atomic mass is 19.1. The summed E-state index contributed by atoms with van der Waals surface area (Å²) in [6.45, 7) is 3.72. The monoisotopic (exact) mass is 373 g/mol. The van der Waals surface area contributed by atoms with E-state index in [0.717, 1.165) is 31.5 Å². The molecule has 2 aromatic rings. The van der Waals surface area contributed by atoms with Gasteiger partial charge in [-0.15, -0.1) is 0 Å². The SMILES string of the molecule is O=C(NC1CNN(Cc2cccc(F)c2)C1)c1cc(N2CCCCC2)on1. The van der Waals surface area contributed by atoms with E-state index in [2.05, 4.69) is 20.8 Å². The highest BCUT2D eigenvalue weighted by Crippen LogP contribution is 2.20. The Morgan fingerprint density at radius 3 is 2.96 bits per heavy atom. The van der Waals surface area contributed by atoms with Crippen LogP contribution in [0.2, 0.25) is 0 Å². The fourth-order valence-electron chi connectivity index (χ4n) is 3.60. The molecule has 27 heavy (non-hydrogen) atoms. The lowest BCUT2D eigenvalue weighted by atomic mass is 10.1. The van der Waals surface area contributed by atoms with Gasteiger partial charge < -0.3 is 14.7 Å². The summed E-state index contributed by atoms with van der Waals surface area (Å²) in [7, 11) is 0. The molecule has 1 unspecified atom stereocenters. The van der Waals surface area contributed by atoms with E-state index in [9.17, 15) is 9.18 Å². The van der Waals surface area contributed by atoms with Crippen LogP contribution in [0.5, 0.6) is 0 Å². The van der Waals surface area contributed by atoms with Gasteiger partial charge in [-0.3, -0.25) is 10.2 Å². The molecule has 1 aromatic heterocycles. The van der Waals surface area contributed by atoms with Gasteiger partial charge in [-0.05, 0) is 37.0 Å². The van der Waals surface area contributed by atoms with E-state index in [4.69, 9.17) is 4.52 Å². The molecule has 144 valence electrons. The highest BCUT2D eigenvalue weighted by molar-refractivity contribution is 5.93. The van der Waals surface area contributed by atoms with Crippen molar-refractivity contribution in [3.63, 3.8) is 0 Å². The summed E-state index contributed by atoms with van der Waals surface area (Å²) in [4.78, 5) is 14.6. The Morgan fingerprint density at radius 1 is 1.30 bits per heavy atom. The van der Waals surface area contributed by atoms with Gasteiger partial charge >= 0.3 is 0 Å². The Hall–Kier alpha value is -2.45. The molecular formula is C19H24FN5O2. The third-order valence-electron chi connectivity index (χ3n) is 5.00. The molecule has 1 aromatic carbocycles. The van der Waals surface area contributed by atoms with Crippen LogP contribution in [0.15, 0.2) is 34.9 Å². The molecule has 3 heterocycles. The predicted octanol–water partition coefficient (Wildman–Crippen LogP) is 1.92. The van der Waals surface area contributed by atoms with Crippen molar-refractivity contribution in [3.8, 4) is 0 Å². The van der Waals surface area contributed by atoms with Crippen molar-refractivity contribution in [2.45, 2.75) is 31.8 Å². The van der Waals surface area contributed by atoms with E-state index >= 15 is 0 Å². The molecule has 0 bridgehead atoms. The van der Waals surface area contributed by atoms with Crippen molar-refractivity contribution in [3.05, 3.63) is 47.4 Å². The van der Waals surface area contributed by atoms with E-state index in [1.54, 1.807) is 12.1 Å². The summed E-state index contributed by atoms with van der Waals surface area (Å²) in [5.74, 6) is 0.186. The summed E-state index contributed by atoms with van der Waals surface area (Å²) >= 11 is 0. The smallest absolute Gasteiger partial charge is 0.273 e. The number of anilines is 1. The number of halogens is 1. The molecule has 1 amide bonds. The molecule has 7 nitrogen and oxygen atoms in total. The first-order valence-corrected chi connectivity index (χ1v) is 9.43. The van der Waals surface area contributed by atoms with Crippen LogP contribution in [-0.4, -0.2) is 48.3 Å². The first kappa shape index (κ1) is 17.9. The van der Waals surface area contributed by atoms with Crippen molar-refractivity contribution in [1.82, 2.24) is 20.9 Å². The third-order valence-corrected chi connectivity index (χ3v) is 5.00. The quantitative estimate of drug-likeness (QED) is 0.834. The molecule has 2 saturated heterocycles. The van der Waals surface area contributed by atoms with Crippen LogP contribution in [0.1, 0.15) is 35.3 Å². The first-order chi connectivity index (χ1) is 13.2. The van der Waals surface area contributed by atoms with Gasteiger partial charge in [-0.1, -0.05) is 17.3 Å². The van der Waals surface area contributed by atoms with E-state index < -0.39 is 0 Å². The number of nitrogens with zero attached hydrogens (tertiary/aromatic N) is 3. The number of carbonyl (C=O) groups excluding carboxylic acids is 1. The minimum Gasteiger partial charge on any atom is -0.345 e. The Balaban J connectivity index is 1.29. The fraction of sp³-hybridized carbons (Fsp3) is 0.474. The van der Waals surface area contributed by atoms with Crippen LogP contribution in [0, 0.1) is 5.82 Å². The normalized spacial score (nSPS) is 20.8. The number of piperidine rings is 1. The molecular weight excluding hydrogens is 349 g/mol. The van der Waals surface area contributed by atoms with Crippen LogP contribution >= 0.6 is 0 Å². The summed E-state index contributed by atoms with van der Waals surface area (Å²) in [5.41, 5.74) is 4.42. The number of rotatable bonds is 5. The van der Waals surface area contributed by atoms with Gasteiger partial charge in [0.25, 0.3) is 5.91 Å². The van der Waals surface area contributed by atoms with Crippen molar-refractivity contribution in [2.24, 2.45) is 0 Å². The average molecular weight is 373 g/mol. The number of amides is 1. The molecule has 4 rings (SSSR count). The average Bonchev–Trinajstić information content (AvgIpc) is 3.32. The molecule has 1 atom stereocenters. The highest BCUT2D eigenvalue weighted by Gasteiger charge is 2.26. The van der Waals surface area contributed by atoms with Gasteiger partial charge in [0.15, 0.2) is 5.69 Å². The molecule has 0 aliphatic carbocycles. The number of hydrazine groups is 1. The molecule has 8 heteroatoms. The van der Waals surface area contributed by atoms with Crippen LogP contribution < -0.4 is 15.6 Å². The minimum absolute atomic E-state index is 0.0406. The van der Waals surface area contributed by atoms with E-state index in [1.165, 1.54) is 18.6 Å². The summed E-state index contributed by atoms with van der Waals surface area (Å²) < 4.78 is 18.7. The number of benzene rings is 1. The Morgan fingerprint density at radius 2 is 2.15 bits per heavy atom. The number of nitrogens with one attached hydrogen (secondary N) is 2. The minimum atomic E-state index is -0.243. The number of aromatic nitrogens is 1. The van der Waals surface area contributed by atoms with Crippen molar-refractivity contribution < 1.29 is 13.7 Å². The van der Waals surface area contributed by atoms with Gasteiger partial charge in [0.2, 0.25) is 5.88 Å². The third kappa shape index (κ3) is 4.45. The van der Waals surface area contributed by atoms with Crippen molar-refractivity contribution in [2.75, 3.05) is 31.1 Å². The zero-order valence-electron chi connectivity index (χ0n) is 15.2. The van der Waals surface area contributed by atoms with Crippen molar-refractivity contribution >= 4 is 11.8 Å². The van der Waals surface area contributed by atoms with Crippen LogP contribution in [0.3, 0.4) is 0 Å². The maximum Gasteiger partial charge on any atom is 0.273 e. The van der Waals surface area contributed by atoms with Gasteiger partial charge in [0.1, 0.15) is 5.82 Å². The summed E-state index contributed by atoms with van der Waals surface area (Å²) in [6, 6.07) is 8.21. The van der Waals surface area contributed by atoms with Crippen LogP contribution in [0.4, 0.5) is 10.3 Å². The molecule has 2 aliphatic heterocycles. The zero-order valence-corrected chi connectivity index (χ0v) is 15.2. The molecule has 0 spiro atoms. The predicted molar refractivity (Wildman–Crippen MR) is 98.6 cm³/mol. The van der Waals surface area contributed by atoms with Crippen LogP contribution in [-0.2, 0) is 6.54 Å². The largest absolute Gasteiger partial charge is 0.345 e. The maximum atomic E-state index is 13.3. The lowest BCUT2D eigenvalue weighted by Crippen LogP contribution is -2.38. The second-order valence-corrected chi connectivity index (χ2v) is 7.14. The first-order valence-electron chi connectivity index (χ1n) is 9.43. The Kier molecular flexibility index (Phi) is 5.35. The van der Waals surface area contributed by atoms with E-state index in [0.29, 0.717) is 31.2 Å². The van der Waals surface area contributed by atoms with Gasteiger partial charge in [-0.2, -0.15) is 0 Å². The summed E-state index contributed by atoms with van der Waals surface area (Å²) in [5, 5.41) is 8.88. The second-order valence-electron chi connectivity index (χ2n) is 7.14. The number of hydrogen-bond donors (Lipinski definition) is 2.